The van der Waals surface area contributed by atoms with Crippen molar-refractivity contribution in [1.29, 1.82) is 0 Å². The monoisotopic (exact) mass is 333 g/mol. The Kier molecular flexibility index (Phi) is 5.07. The summed E-state index contributed by atoms with van der Waals surface area (Å²) < 4.78 is 5.41. The van der Waals surface area contributed by atoms with E-state index in [1.165, 1.54) is 0 Å². The average Bonchev–Trinajstić information content (AvgIpc) is 3.02. The van der Waals surface area contributed by atoms with Crippen LogP contribution in [0, 0.1) is 6.92 Å². The fourth-order valence-corrected chi connectivity index (χ4v) is 3.75. The Labute approximate surface area is 140 Å². The lowest BCUT2D eigenvalue weighted by molar-refractivity contribution is 0.364. The Morgan fingerprint density at radius 2 is 2.13 bits per heavy atom. The van der Waals surface area contributed by atoms with E-state index in [1.807, 2.05) is 19.2 Å². The molecule has 124 valence electrons. The van der Waals surface area contributed by atoms with Crippen molar-refractivity contribution in [3.63, 3.8) is 0 Å². The third-order valence-corrected chi connectivity index (χ3v) is 5.17. The topological polar surface area (TPSA) is 63.2 Å². The summed E-state index contributed by atoms with van der Waals surface area (Å²) in [7, 11) is 1.69. The van der Waals surface area contributed by atoms with Crippen molar-refractivity contribution in [2.45, 2.75) is 38.8 Å². The fraction of sp³-hybridized carbons (Fsp3) is 0.562. The van der Waals surface area contributed by atoms with E-state index in [0.717, 1.165) is 47.4 Å². The molecule has 0 aromatic carbocycles. The van der Waals surface area contributed by atoms with Crippen LogP contribution in [0.25, 0.3) is 0 Å². The standard InChI is InChI=1S/C16H23N5OS/c1-11(14-4-7-17-10-15(14)22-3)18-13-5-8-21(9-6-13)16-20-19-12(2)23-16/h4,7,10-11,13,18H,5-6,8-9H2,1-3H3/t11-/m1/s1. The van der Waals surface area contributed by atoms with Crippen LogP contribution in [0.3, 0.4) is 0 Å². The summed E-state index contributed by atoms with van der Waals surface area (Å²) in [5.74, 6) is 0.842. The van der Waals surface area contributed by atoms with E-state index in [9.17, 15) is 0 Å². The van der Waals surface area contributed by atoms with Crippen molar-refractivity contribution in [3.8, 4) is 5.75 Å². The Bertz CT molecular complexity index is 639. The number of rotatable bonds is 5. The van der Waals surface area contributed by atoms with E-state index in [0.29, 0.717) is 6.04 Å². The van der Waals surface area contributed by atoms with Crippen LogP contribution < -0.4 is 15.0 Å². The van der Waals surface area contributed by atoms with Crippen LogP contribution in [0.2, 0.25) is 0 Å². The summed E-state index contributed by atoms with van der Waals surface area (Å²) in [6, 6.07) is 2.77. The highest BCUT2D eigenvalue weighted by atomic mass is 32.1. The van der Waals surface area contributed by atoms with Crippen LogP contribution in [0.15, 0.2) is 18.5 Å². The Balaban J connectivity index is 1.56. The minimum absolute atomic E-state index is 0.244. The van der Waals surface area contributed by atoms with Gasteiger partial charge >= 0.3 is 0 Å². The molecule has 1 aliphatic heterocycles. The molecule has 0 bridgehead atoms. The molecule has 1 aliphatic rings. The third-order valence-electron chi connectivity index (χ3n) is 4.27. The second-order valence-corrected chi connectivity index (χ2v) is 7.03. The van der Waals surface area contributed by atoms with Gasteiger partial charge in [-0.05, 0) is 32.8 Å². The van der Waals surface area contributed by atoms with Crippen LogP contribution in [-0.2, 0) is 0 Å². The molecule has 1 fully saturated rings. The number of methoxy groups -OCH3 is 1. The highest BCUT2D eigenvalue weighted by Crippen LogP contribution is 2.27. The number of pyridine rings is 1. The lowest BCUT2D eigenvalue weighted by Crippen LogP contribution is -2.43. The van der Waals surface area contributed by atoms with Gasteiger partial charge in [-0.25, -0.2) is 0 Å². The van der Waals surface area contributed by atoms with Crippen LogP contribution in [0.5, 0.6) is 5.75 Å². The van der Waals surface area contributed by atoms with Crippen molar-refractivity contribution in [3.05, 3.63) is 29.0 Å². The number of hydrogen-bond acceptors (Lipinski definition) is 7. The number of nitrogens with one attached hydrogen (secondary N) is 1. The number of aryl methyl sites for hydroxylation is 1. The second kappa shape index (κ2) is 7.23. The average molecular weight is 333 g/mol. The molecule has 1 N–H and O–H groups in total. The van der Waals surface area contributed by atoms with E-state index < -0.39 is 0 Å². The molecule has 0 radical (unpaired) electrons. The first-order valence-electron chi connectivity index (χ1n) is 7.96. The fourth-order valence-electron chi connectivity index (χ4n) is 3.01. The first-order chi connectivity index (χ1) is 11.2. The molecule has 3 heterocycles. The van der Waals surface area contributed by atoms with Crippen molar-refractivity contribution >= 4 is 16.5 Å². The molecule has 1 atom stereocenters. The number of anilines is 1. The lowest BCUT2D eigenvalue weighted by atomic mass is 10.0. The zero-order valence-corrected chi connectivity index (χ0v) is 14.6. The lowest BCUT2D eigenvalue weighted by Gasteiger charge is -2.33. The number of aromatic nitrogens is 3. The van der Waals surface area contributed by atoms with Gasteiger partial charge < -0.3 is 15.0 Å². The summed E-state index contributed by atoms with van der Waals surface area (Å²) in [6.45, 7) is 6.22. The minimum atomic E-state index is 0.244. The van der Waals surface area contributed by atoms with Gasteiger partial charge in [-0.2, -0.15) is 0 Å². The van der Waals surface area contributed by atoms with Gasteiger partial charge in [-0.15, -0.1) is 10.2 Å². The van der Waals surface area contributed by atoms with Gasteiger partial charge in [-0.3, -0.25) is 4.98 Å². The van der Waals surface area contributed by atoms with Gasteiger partial charge in [0, 0.05) is 36.9 Å². The highest BCUT2D eigenvalue weighted by molar-refractivity contribution is 7.15. The van der Waals surface area contributed by atoms with Crippen molar-refractivity contribution in [1.82, 2.24) is 20.5 Å². The van der Waals surface area contributed by atoms with Crippen LogP contribution in [0.1, 0.15) is 36.4 Å². The molecule has 23 heavy (non-hydrogen) atoms. The van der Waals surface area contributed by atoms with E-state index in [1.54, 1.807) is 24.6 Å². The van der Waals surface area contributed by atoms with Crippen molar-refractivity contribution in [2.24, 2.45) is 0 Å². The van der Waals surface area contributed by atoms with E-state index in [4.69, 9.17) is 4.74 Å². The third kappa shape index (κ3) is 3.79. The van der Waals surface area contributed by atoms with Gasteiger partial charge in [0.25, 0.3) is 0 Å². The summed E-state index contributed by atoms with van der Waals surface area (Å²) in [6.07, 6.45) is 5.80. The predicted octanol–water partition coefficient (Wildman–Crippen LogP) is 2.57. The zero-order valence-electron chi connectivity index (χ0n) is 13.8. The van der Waals surface area contributed by atoms with Gasteiger partial charge in [0.15, 0.2) is 0 Å². The molecule has 1 saturated heterocycles. The normalized spacial score (nSPS) is 17.3. The molecule has 0 aliphatic carbocycles. The van der Waals surface area contributed by atoms with Gasteiger partial charge in [0.1, 0.15) is 10.8 Å². The smallest absolute Gasteiger partial charge is 0.208 e. The maximum atomic E-state index is 5.41. The van der Waals surface area contributed by atoms with Gasteiger partial charge in [0.2, 0.25) is 5.13 Å². The number of nitrogens with zero attached hydrogens (tertiary/aromatic N) is 4. The molecule has 0 saturated carbocycles. The van der Waals surface area contributed by atoms with E-state index in [2.05, 4.69) is 32.3 Å². The molecular formula is C16H23N5OS. The summed E-state index contributed by atoms with van der Waals surface area (Å²) in [4.78, 5) is 6.45. The molecule has 0 unspecified atom stereocenters. The maximum absolute atomic E-state index is 5.41. The molecule has 7 heteroatoms. The van der Waals surface area contributed by atoms with E-state index >= 15 is 0 Å². The number of piperidine rings is 1. The first-order valence-corrected chi connectivity index (χ1v) is 8.78. The second-order valence-electron chi connectivity index (χ2n) is 5.87. The van der Waals surface area contributed by atoms with Gasteiger partial charge in [0.05, 0.1) is 13.3 Å². The molecule has 0 spiro atoms. The predicted molar refractivity (Wildman–Crippen MR) is 92.2 cm³/mol. The zero-order chi connectivity index (χ0) is 16.2. The minimum Gasteiger partial charge on any atom is -0.495 e. The molecule has 0 amide bonds. The summed E-state index contributed by atoms with van der Waals surface area (Å²) in [5, 5.41) is 14.1. The van der Waals surface area contributed by atoms with Crippen LogP contribution in [-0.4, -0.2) is 41.4 Å². The SMILES string of the molecule is COc1cnccc1[C@@H](C)NC1CCN(c2nnc(C)s2)CC1. The Morgan fingerprint density at radius 3 is 2.78 bits per heavy atom. The Hall–Kier alpha value is -1.73. The van der Waals surface area contributed by atoms with Crippen molar-refractivity contribution in [2.75, 3.05) is 25.1 Å². The Morgan fingerprint density at radius 1 is 1.35 bits per heavy atom. The number of hydrogen-bond donors (Lipinski definition) is 1. The maximum Gasteiger partial charge on any atom is 0.208 e. The molecule has 2 aromatic heterocycles. The molecule has 6 nitrogen and oxygen atoms in total. The molecular weight excluding hydrogens is 310 g/mol. The van der Waals surface area contributed by atoms with Crippen molar-refractivity contribution < 1.29 is 4.74 Å². The largest absolute Gasteiger partial charge is 0.495 e. The van der Waals surface area contributed by atoms with Crippen LogP contribution in [0.4, 0.5) is 5.13 Å². The quantitative estimate of drug-likeness (QED) is 0.907. The number of ether oxygens (including phenoxy) is 1. The summed E-state index contributed by atoms with van der Waals surface area (Å²) >= 11 is 1.67. The molecule has 2 aromatic rings. The highest BCUT2D eigenvalue weighted by Gasteiger charge is 2.23. The van der Waals surface area contributed by atoms with Crippen LogP contribution >= 0.6 is 11.3 Å². The summed E-state index contributed by atoms with van der Waals surface area (Å²) in [5.41, 5.74) is 1.16. The first kappa shape index (κ1) is 16.1. The van der Waals surface area contributed by atoms with E-state index in [-0.39, 0.29) is 6.04 Å². The molecule has 3 rings (SSSR count). The van der Waals surface area contributed by atoms with Gasteiger partial charge in [-0.1, -0.05) is 11.3 Å².